The van der Waals surface area contributed by atoms with Gasteiger partial charge in [0.1, 0.15) is 0 Å². The van der Waals surface area contributed by atoms with E-state index in [4.69, 9.17) is 4.74 Å². The maximum atomic E-state index is 5.16. The second-order valence-corrected chi connectivity index (χ2v) is 4.49. The Morgan fingerprint density at radius 1 is 1.47 bits per heavy atom. The lowest BCUT2D eigenvalue weighted by Crippen LogP contribution is -2.41. The third kappa shape index (κ3) is 4.96. The Labute approximate surface area is 94.2 Å². The van der Waals surface area contributed by atoms with Crippen LogP contribution in [0.15, 0.2) is 0 Å². The lowest BCUT2D eigenvalue weighted by molar-refractivity contribution is 0.135. The van der Waals surface area contributed by atoms with Crippen LogP contribution in [0.3, 0.4) is 0 Å². The molecule has 15 heavy (non-hydrogen) atoms. The van der Waals surface area contributed by atoms with Crippen LogP contribution in [-0.2, 0) is 4.74 Å². The van der Waals surface area contributed by atoms with Crippen LogP contribution in [0.5, 0.6) is 0 Å². The average Bonchev–Trinajstić information content (AvgIpc) is 3.06. The first-order valence-electron chi connectivity index (χ1n) is 6.22. The van der Waals surface area contributed by atoms with Gasteiger partial charge in [-0.05, 0) is 26.3 Å². The quantitative estimate of drug-likeness (QED) is 0.629. The summed E-state index contributed by atoms with van der Waals surface area (Å²) in [6.07, 6.45) is 5.29. The Bertz CT molecular complexity index is 160. The molecule has 1 aliphatic carbocycles. The third-order valence-electron chi connectivity index (χ3n) is 3.15. The van der Waals surface area contributed by atoms with E-state index in [0.717, 1.165) is 19.2 Å². The van der Waals surface area contributed by atoms with Crippen LogP contribution in [0, 0.1) is 0 Å². The van der Waals surface area contributed by atoms with Gasteiger partial charge in [0, 0.05) is 32.3 Å². The Hall–Kier alpha value is -0.120. The maximum absolute atomic E-state index is 5.16. The van der Waals surface area contributed by atoms with E-state index in [1.807, 2.05) is 0 Å². The molecule has 1 atom stereocenters. The van der Waals surface area contributed by atoms with E-state index in [1.165, 1.54) is 32.2 Å². The SMILES string of the molecule is CCCC(CN(CCOC)C1CC1)NC. The second kappa shape index (κ2) is 7.20. The molecule has 3 nitrogen and oxygen atoms in total. The minimum Gasteiger partial charge on any atom is -0.383 e. The second-order valence-electron chi connectivity index (χ2n) is 4.49. The number of methoxy groups -OCH3 is 1. The standard InChI is InChI=1S/C12H26N2O/c1-4-5-11(13-2)10-14(8-9-15-3)12-6-7-12/h11-13H,4-10H2,1-3H3. The van der Waals surface area contributed by atoms with E-state index in [0.29, 0.717) is 6.04 Å². The molecule has 0 bridgehead atoms. The number of nitrogens with zero attached hydrogens (tertiary/aromatic N) is 1. The van der Waals surface area contributed by atoms with Crippen molar-refractivity contribution in [3.8, 4) is 0 Å². The molecule has 1 rings (SSSR count). The summed E-state index contributed by atoms with van der Waals surface area (Å²) in [7, 11) is 3.86. The van der Waals surface area contributed by atoms with Crippen LogP contribution in [0.2, 0.25) is 0 Å². The number of likely N-dealkylation sites (N-methyl/N-ethyl adjacent to an activating group) is 1. The van der Waals surface area contributed by atoms with Crippen LogP contribution in [-0.4, -0.2) is 50.8 Å². The van der Waals surface area contributed by atoms with Crippen molar-refractivity contribution >= 4 is 0 Å². The predicted molar refractivity (Wildman–Crippen MR) is 64.2 cm³/mol. The Balaban J connectivity index is 2.27. The zero-order chi connectivity index (χ0) is 11.1. The van der Waals surface area contributed by atoms with Gasteiger partial charge in [-0.1, -0.05) is 13.3 Å². The van der Waals surface area contributed by atoms with Crippen LogP contribution < -0.4 is 5.32 Å². The van der Waals surface area contributed by atoms with E-state index in [1.54, 1.807) is 7.11 Å². The number of ether oxygens (including phenoxy) is 1. The molecule has 0 heterocycles. The van der Waals surface area contributed by atoms with Crippen molar-refractivity contribution in [2.45, 2.75) is 44.7 Å². The van der Waals surface area contributed by atoms with Gasteiger partial charge in [0.05, 0.1) is 6.61 Å². The summed E-state index contributed by atoms with van der Waals surface area (Å²) in [6, 6.07) is 1.49. The van der Waals surface area contributed by atoms with Gasteiger partial charge in [-0.2, -0.15) is 0 Å². The summed E-state index contributed by atoms with van der Waals surface area (Å²) in [4.78, 5) is 2.58. The van der Waals surface area contributed by atoms with E-state index in [9.17, 15) is 0 Å². The fourth-order valence-corrected chi connectivity index (χ4v) is 2.03. The Kier molecular flexibility index (Phi) is 6.22. The first kappa shape index (κ1) is 12.9. The molecule has 0 aromatic carbocycles. The van der Waals surface area contributed by atoms with Gasteiger partial charge in [0.25, 0.3) is 0 Å². The predicted octanol–water partition coefficient (Wildman–Crippen LogP) is 1.49. The molecule has 0 saturated heterocycles. The molecule has 1 fully saturated rings. The van der Waals surface area contributed by atoms with Crippen LogP contribution in [0.25, 0.3) is 0 Å². The van der Waals surface area contributed by atoms with Crippen molar-refractivity contribution in [2.75, 3.05) is 33.9 Å². The van der Waals surface area contributed by atoms with Crippen molar-refractivity contribution in [1.29, 1.82) is 0 Å². The van der Waals surface area contributed by atoms with Gasteiger partial charge in [-0.25, -0.2) is 0 Å². The molecule has 0 amide bonds. The molecule has 90 valence electrons. The number of hydrogen-bond acceptors (Lipinski definition) is 3. The molecule has 0 radical (unpaired) electrons. The summed E-state index contributed by atoms with van der Waals surface area (Å²) in [5.41, 5.74) is 0. The number of nitrogens with one attached hydrogen (secondary N) is 1. The molecule has 1 N–H and O–H groups in total. The highest BCUT2D eigenvalue weighted by atomic mass is 16.5. The Morgan fingerprint density at radius 3 is 2.67 bits per heavy atom. The van der Waals surface area contributed by atoms with Crippen LogP contribution in [0.4, 0.5) is 0 Å². The van der Waals surface area contributed by atoms with E-state index < -0.39 is 0 Å². The molecule has 3 heteroatoms. The summed E-state index contributed by atoms with van der Waals surface area (Å²) in [5, 5.41) is 3.41. The van der Waals surface area contributed by atoms with Crippen molar-refractivity contribution in [3.63, 3.8) is 0 Å². The minimum absolute atomic E-state index is 0.646. The fraction of sp³-hybridized carbons (Fsp3) is 1.00. The zero-order valence-electron chi connectivity index (χ0n) is 10.5. The van der Waals surface area contributed by atoms with E-state index in [-0.39, 0.29) is 0 Å². The zero-order valence-corrected chi connectivity index (χ0v) is 10.5. The highest BCUT2D eigenvalue weighted by Gasteiger charge is 2.29. The normalized spacial score (nSPS) is 18.4. The molecule has 0 aromatic heterocycles. The van der Waals surface area contributed by atoms with Crippen molar-refractivity contribution in [1.82, 2.24) is 10.2 Å². The molecular weight excluding hydrogens is 188 g/mol. The summed E-state index contributed by atoms with van der Waals surface area (Å²) >= 11 is 0. The van der Waals surface area contributed by atoms with Crippen molar-refractivity contribution in [3.05, 3.63) is 0 Å². The van der Waals surface area contributed by atoms with Gasteiger partial charge in [0.15, 0.2) is 0 Å². The Morgan fingerprint density at radius 2 is 2.20 bits per heavy atom. The number of hydrogen-bond donors (Lipinski definition) is 1. The topological polar surface area (TPSA) is 24.5 Å². The third-order valence-corrected chi connectivity index (χ3v) is 3.15. The monoisotopic (exact) mass is 214 g/mol. The first-order chi connectivity index (χ1) is 7.31. The highest BCUT2D eigenvalue weighted by Crippen LogP contribution is 2.26. The molecule has 1 unspecified atom stereocenters. The largest absolute Gasteiger partial charge is 0.383 e. The van der Waals surface area contributed by atoms with E-state index in [2.05, 4.69) is 24.2 Å². The average molecular weight is 214 g/mol. The van der Waals surface area contributed by atoms with Crippen LogP contribution >= 0.6 is 0 Å². The minimum atomic E-state index is 0.646. The molecule has 0 aliphatic heterocycles. The number of rotatable bonds is 9. The smallest absolute Gasteiger partial charge is 0.0589 e. The lowest BCUT2D eigenvalue weighted by Gasteiger charge is -2.27. The van der Waals surface area contributed by atoms with Gasteiger partial charge in [-0.3, -0.25) is 4.90 Å². The molecule has 0 aromatic rings. The highest BCUT2D eigenvalue weighted by molar-refractivity contribution is 4.86. The summed E-state index contributed by atoms with van der Waals surface area (Å²) < 4.78 is 5.16. The van der Waals surface area contributed by atoms with E-state index >= 15 is 0 Å². The maximum Gasteiger partial charge on any atom is 0.0589 e. The summed E-state index contributed by atoms with van der Waals surface area (Å²) in [5.74, 6) is 0. The molecular formula is C12H26N2O. The fourth-order valence-electron chi connectivity index (χ4n) is 2.03. The van der Waals surface area contributed by atoms with Crippen molar-refractivity contribution in [2.24, 2.45) is 0 Å². The molecule has 1 aliphatic rings. The van der Waals surface area contributed by atoms with Gasteiger partial charge >= 0.3 is 0 Å². The molecule has 1 saturated carbocycles. The van der Waals surface area contributed by atoms with Gasteiger partial charge in [0.2, 0.25) is 0 Å². The summed E-state index contributed by atoms with van der Waals surface area (Å²) in [6.45, 7) is 5.38. The van der Waals surface area contributed by atoms with Crippen LogP contribution in [0.1, 0.15) is 32.6 Å². The van der Waals surface area contributed by atoms with Gasteiger partial charge in [-0.15, -0.1) is 0 Å². The molecule has 0 spiro atoms. The van der Waals surface area contributed by atoms with Gasteiger partial charge < -0.3 is 10.1 Å². The van der Waals surface area contributed by atoms with Crippen molar-refractivity contribution < 1.29 is 4.74 Å². The lowest BCUT2D eigenvalue weighted by atomic mass is 10.1. The first-order valence-corrected chi connectivity index (χ1v) is 6.22.